The van der Waals surface area contributed by atoms with Gasteiger partial charge in [-0.05, 0) is 38.6 Å². The number of ether oxygens (including phenoxy) is 1. The Morgan fingerprint density at radius 3 is 2.71 bits per heavy atom. The molecule has 2 nitrogen and oxygen atoms in total. The van der Waals surface area contributed by atoms with Gasteiger partial charge in [0.25, 0.3) is 0 Å². The van der Waals surface area contributed by atoms with E-state index < -0.39 is 0 Å². The van der Waals surface area contributed by atoms with E-state index in [0.29, 0.717) is 6.61 Å². The smallest absolute Gasteiger partial charge is 0.120 e. The van der Waals surface area contributed by atoms with Gasteiger partial charge in [0.05, 0.1) is 6.61 Å². The van der Waals surface area contributed by atoms with Crippen LogP contribution in [-0.4, -0.2) is 13.7 Å². The van der Waals surface area contributed by atoms with Crippen molar-refractivity contribution in [3.8, 4) is 5.75 Å². The number of hydrogen-bond donors (Lipinski definition) is 1. The first-order valence-electron chi connectivity index (χ1n) is 4.78. The average Bonchev–Trinajstić information content (AvgIpc) is 2.17. The topological polar surface area (TPSA) is 21.3 Å². The Morgan fingerprint density at radius 1 is 1.50 bits per heavy atom. The molecule has 0 saturated carbocycles. The average molecular weight is 214 g/mol. The molecule has 3 heteroatoms. The third kappa shape index (κ3) is 2.63. The Balaban J connectivity index is 2.89. The van der Waals surface area contributed by atoms with Crippen molar-refractivity contribution >= 4 is 11.6 Å². The van der Waals surface area contributed by atoms with Gasteiger partial charge in [-0.1, -0.05) is 17.7 Å². The van der Waals surface area contributed by atoms with E-state index in [1.807, 2.05) is 32.2 Å². The summed E-state index contributed by atoms with van der Waals surface area (Å²) in [6.07, 6.45) is 0. The molecule has 1 N–H and O–H groups in total. The summed E-state index contributed by atoms with van der Waals surface area (Å²) in [5.74, 6) is 0.824. The Morgan fingerprint density at radius 2 is 2.21 bits per heavy atom. The van der Waals surface area contributed by atoms with E-state index in [0.717, 1.165) is 16.3 Å². The fraction of sp³-hybridized carbons (Fsp3) is 0.455. The normalized spacial score (nSPS) is 12.6. The lowest BCUT2D eigenvalue weighted by Gasteiger charge is -2.13. The zero-order chi connectivity index (χ0) is 10.6. The first kappa shape index (κ1) is 11.3. The molecular weight excluding hydrogens is 198 g/mol. The van der Waals surface area contributed by atoms with Gasteiger partial charge >= 0.3 is 0 Å². The molecule has 0 amide bonds. The van der Waals surface area contributed by atoms with Gasteiger partial charge in [-0.2, -0.15) is 0 Å². The molecular formula is C11H16ClNO. The van der Waals surface area contributed by atoms with Crippen molar-refractivity contribution in [2.75, 3.05) is 13.7 Å². The van der Waals surface area contributed by atoms with E-state index in [-0.39, 0.29) is 6.04 Å². The molecule has 0 heterocycles. The standard InChI is InChI=1S/C11H16ClNO/c1-4-14-9-5-6-10(8(2)13-3)11(12)7-9/h5-8,13H,4H2,1-3H3. The monoisotopic (exact) mass is 213 g/mol. The zero-order valence-electron chi connectivity index (χ0n) is 8.80. The molecule has 78 valence electrons. The Bertz CT molecular complexity index is 301. The van der Waals surface area contributed by atoms with Gasteiger partial charge in [0.2, 0.25) is 0 Å². The SMILES string of the molecule is CCOc1ccc(C(C)NC)c(Cl)c1. The van der Waals surface area contributed by atoms with E-state index in [2.05, 4.69) is 12.2 Å². The molecule has 1 aromatic rings. The van der Waals surface area contributed by atoms with Crippen LogP contribution in [0.25, 0.3) is 0 Å². The quantitative estimate of drug-likeness (QED) is 0.830. The molecule has 0 spiro atoms. The number of nitrogens with one attached hydrogen (secondary N) is 1. The van der Waals surface area contributed by atoms with Gasteiger partial charge in [0.1, 0.15) is 5.75 Å². The van der Waals surface area contributed by atoms with Crippen LogP contribution >= 0.6 is 11.6 Å². The Kier molecular flexibility index (Phi) is 4.23. The minimum atomic E-state index is 0.262. The summed E-state index contributed by atoms with van der Waals surface area (Å²) < 4.78 is 5.35. The van der Waals surface area contributed by atoms with Gasteiger partial charge in [-0.15, -0.1) is 0 Å². The lowest BCUT2D eigenvalue weighted by Crippen LogP contribution is -2.12. The maximum Gasteiger partial charge on any atom is 0.120 e. The molecule has 0 fully saturated rings. The van der Waals surface area contributed by atoms with Crippen LogP contribution in [0.4, 0.5) is 0 Å². The van der Waals surface area contributed by atoms with Gasteiger partial charge in [0.15, 0.2) is 0 Å². The molecule has 1 aromatic carbocycles. The predicted octanol–water partition coefficient (Wildman–Crippen LogP) is 3.02. The van der Waals surface area contributed by atoms with Crippen molar-refractivity contribution in [1.29, 1.82) is 0 Å². The fourth-order valence-electron chi connectivity index (χ4n) is 1.27. The van der Waals surface area contributed by atoms with Crippen LogP contribution in [0.3, 0.4) is 0 Å². The molecule has 1 unspecified atom stereocenters. The van der Waals surface area contributed by atoms with E-state index >= 15 is 0 Å². The van der Waals surface area contributed by atoms with Gasteiger partial charge in [-0.25, -0.2) is 0 Å². The van der Waals surface area contributed by atoms with E-state index in [4.69, 9.17) is 16.3 Å². The van der Waals surface area contributed by atoms with Crippen LogP contribution in [0, 0.1) is 0 Å². The fourth-order valence-corrected chi connectivity index (χ4v) is 1.61. The number of rotatable bonds is 4. The largest absolute Gasteiger partial charge is 0.494 e. The second-order valence-electron chi connectivity index (χ2n) is 3.13. The molecule has 0 aliphatic carbocycles. The summed E-state index contributed by atoms with van der Waals surface area (Å²) in [5, 5.41) is 3.90. The maximum atomic E-state index is 6.12. The summed E-state index contributed by atoms with van der Waals surface area (Å²) in [7, 11) is 1.91. The highest BCUT2D eigenvalue weighted by molar-refractivity contribution is 6.31. The number of hydrogen-bond acceptors (Lipinski definition) is 2. The van der Waals surface area contributed by atoms with Crippen LogP contribution in [0.2, 0.25) is 5.02 Å². The van der Waals surface area contributed by atoms with Crippen molar-refractivity contribution in [1.82, 2.24) is 5.32 Å². The molecule has 0 aliphatic rings. The van der Waals surface area contributed by atoms with Gasteiger partial charge in [-0.3, -0.25) is 0 Å². The summed E-state index contributed by atoms with van der Waals surface area (Å²) in [6.45, 7) is 4.69. The van der Waals surface area contributed by atoms with Crippen LogP contribution in [0.1, 0.15) is 25.5 Å². The second kappa shape index (κ2) is 5.23. The maximum absolute atomic E-state index is 6.12. The van der Waals surface area contributed by atoms with Gasteiger partial charge in [0, 0.05) is 11.1 Å². The molecule has 0 bridgehead atoms. The summed E-state index contributed by atoms with van der Waals surface area (Å²) >= 11 is 6.12. The number of benzene rings is 1. The highest BCUT2D eigenvalue weighted by Gasteiger charge is 2.07. The zero-order valence-corrected chi connectivity index (χ0v) is 9.56. The van der Waals surface area contributed by atoms with E-state index in [1.54, 1.807) is 0 Å². The highest BCUT2D eigenvalue weighted by atomic mass is 35.5. The van der Waals surface area contributed by atoms with E-state index in [1.165, 1.54) is 0 Å². The Hall–Kier alpha value is -0.730. The lowest BCUT2D eigenvalue weighted by atomic mass is 10.1. The van der Waals surface area contributed by atoms with Crippen molar-refractivity contribution in [3.05, 3.63) is 28.8 Å². The van der Waals surface area contributed by atoms with Crippen LogP contribution in [0.15, 0.2) is 18.2 Å². The molecule has 0 aliphatic heterocycles. The third-order valence-electron chi connectivity index (χ3n) is 2.18. The molecule has 1 rings (SSSR count). The van der Waals surface area contributed by atoms with Crippen molar-refractivity contribution in [2.24, 2.45) is 0 Å². The highest BCUT2D eigenvalue weighted by Crippen LogP contribution is 2.26. The van der Waals surface area contributed by atoms with Crippen molar-refractivity contribution < 1.29 is 4.74 Å². The minimum Gasteiger partial charge on any atom is -0.494 e. The first-order chi connectivity index (χ1) is 6.69. The molecule has 1 atom stereocenters. The minimum absolute atomic E-state index is 0.262. The molecule has 0 radical (unpaired) electrons. The van der Waals surface area contributed by atoms with E-state index in [9.17, 15) is 0 Å². The van der Waals surface area contributed by atoms with Crippen LogP contribution < -0.4 is 10.1 Å². The summed E-state index contributed by atoms with van der Waals surface area (Å²) in [5.41, 5.74) is 1.10. The van der Waals surface area contributed by atoms with Crippen LogP contribution in [-0.2, 0) is 0 Å². The second-order valence-corrected chi connectivity index (χ2v) is 3.53. The van der Waals surface area contributed by atoms with Crippen molar-refractivity contribution in [3.63, 3.8) is 0 Å². The molecule has 0 aromatic heterocycles. The summed E-state index contributed by atoms with van der Waals surface area (Å²) in [6, 6.07) is 6.06. The molecule has 14 heavy (non-hydrogen) atoms. The molecule has 0 saturated heterocycles. The van der Waals surface area contributed by atoms with Crippen LogP contribution in [0.5, 0.6) is 5.75 Å². The first-order valence-corrected chi connectivity index (χ1v) is 5.16. The van der Waals surface area contributed by atoms with Crippen molar-refractivity contribution in [2.45, 2.75) is 19.9 Å². The predicted molar refractivity (Wildman–Crippen MR) is 60.1 cm³/mol. The third-order valence-corrected chi connectivity index (χ3v) is 2.51. The van der Waals surface area contributed by atoms with Gasteiger partial charge < -0.3 is 10.1 Å². The summed E-state index contributed by atoms with van der Waals surface area (Å²) in [4.78, 5) is 0. The number of halogens is 1. The lowest BCUT2D eigenvalue weighted by molar-refractivity contribution is 0.340. The Labute approximate surface area is 90.2 Å².